The molecule has 1 aromatic heterocycles. The lowest BCUT2D eigenvalue weighted by Crippen LogP contribution is -2.49. The lowest BCUT2D eigenvalue weighted by atomic mass is 9.72. The summed E-state index contributed by atoms with van der Waals surface area (Å²) >= 11 is 1.72. The van der Waals surface area contributed by atoms with E-state index < -0.39 is 0 Å². The predicted octanol–water partition coefficient (Wildman–Crippen LogP) is 2.80. The molecule has 4 heteroatoms. The van der Waals surface area contributed by atoms with Gasteiger partial charge in [0.05, 0.1) is 5.41 Å². The second kappa shape index (κ2) is 5.86. The number of carbonyl (C=O) groups is 1. The van der Waals surface area contributed by atoms with Crippen molar-refractivity contribution in [1.82, 2.24) is 5.32 Å². The molecule has 0 saturated heterocycles. The Balaban J connectivity index is 1.70. The van der Waals surface area contributed by atoms with Gasteiger partial charge in [-0.2, -0.15) is 0 Å². The Bertz CT molecular complexity index is 447. The van der Waals surface area contributed by atoms with Gasteiger partial charge in [-0.25, -0.2) is 0 Å². The SMILES string of the molecule is NC(CNC(=O)C1(c2cccs2)CCCCC1)C1CC1. The molecule has 20 heavy (non-hydrogen) atoms. The maximum absolute atomic E-state index is 12.8. The fourth-order valence-corrected chi connectivity index (χ4v) is 4.35. The number of nitrogens with two attached hydrogens (primary N) is 1. The van der Waals surface area contributed by atoms with Gasteiger partial charge in [-0.15, -0.1) is 11.3 Å². The van der Waals surface area contributed by atoms with Crippen LogP contribution < -0.4 is 11.1 Å². The van der Waals surface area contributed by atoms with Crippen LogP contribution in [0.3, 0.4) is 0 Å². The van der Waals surface area contributed by atoms with Crippen LogP contribution in [0.25, 0.3) is 0 Å². The summed E-state index contributed by atoms with van der Waals surface area (Å²) in [6.07, 6.45) is 7.98. The third-order valence-electron chi connectivity index (χ3n) is 4.86. The number of amides is 1. The molecule has 2 aliphatic carbocycles. The molecule has 3 rings (SSSR count). The van der Waals surface area contributed by atoms with Gasteiger partial charge in [0.25, 0.3) is 0 Å². The Hall–Kier alpha value is -0.870. The summed E-state index contributed by atoms with van der Waals surface area (Å²) in [7, 11) is 0. The van der Waals surface area contributed by atoms with Crippen molar-refractivity contribution in [3.05, 3.63) is 22.4 Å². The zero-order chi connectivity index (χ0) is 14.0. The van der Waals surface area contributed by atoms with Crippen LogP contribution in [0.1, 0.15) is 49.8 Å². The highest BCUT2D eigenvalue weighted by molar-refractivity contribution is 7.10. The minimum Gasteiger partial charge on any atom is -0.354 e. The minimum absolute atomic E-state index is 0.142. The topological polar surface area (TPSA) is 55.1 Å². The van der Waals surface area contributed by atoms with Crippen molar-refractivity contribution in [2.24, 2.45) is 11.7 Å². The van der Waals surface area contributed by atoms with E-state index in [2.05, 4.69) is 22.8 Å². The van der Waals surface area contributed by atoms with E-state index in [1.165, 1.54) is 24.1 Å². The van der Waals surface area contributed by atoms with Crippen LogP contribution in [0.15, 0.2) is 17.5 Å². The maximum Gasteiger partial charge on any atom is 0.231 e. The van der Waals surface area contributed by atoms with E-state index in [0.717, 1.165) is 25.7 Å². The first-order valence-electron chi connectivity index (χ1n) is 7.80. The Morgan fingerprint density at radius 2 is 2.15 bits per heavy atom. The molecular weight excluding hydrogens is 268 g/mol. The highest BCUT2D eigenvalue weighted by atomic mass is 32.1. The first-order chi connectivity index (χ1) is 9.72. The van der Waals surface area contributed by atoms with Crippen molar-refractivity contribution in [2.45, 2.75) is 56.4 Å². The number of nitrogens with one attached hydrogen (secondary N) is 1. The number of hydrogen-bond acceptors (Lipinski definition) is 3. The van der Waals surface area contributed by atoms with Gasteiger partial charge in [0.2, 0.25) is 5.91 Å². The summed E-state index contributed by atoms with van der Waals surface area (Å²) in [6, 6.07) is 4.32. The molecule has 0 radical (unpaired) electrons. The van der Waals surface area contributed by atoms with Crippen molar-refractivity contribution < 1.29 is 4.79 Å². The predicted molar refractivity (Wildman–Crippen MR) is 82.8 cm³/mol. The third kappa shape index (κ3) is 2.77. The Kier molecular flexibility index (Phi) is 4.13. The standard InChI is InChI=1S/C16H24N2OS/c17-13(12-6-7-12)11-18-15(19)16(8-2-1-3-9-16)14-5-4-10-20-14/h4-5,10,12-13H,1-3,6-9,11,17H2,(H,18,19). The fourth-order valence-electron chi connectivity index (χ4n) is 3.36. The van der Waals surface area contributed by atoms with Crippen LogP contribution in [0.5, 0.6) is 0 Å². The number of hydrogen-bond donors (Lipinski definition) is 2. The summed E-state index contributed by atoms with van der Waals surface area (Å²) < 4.78 is 0. The van der Waals surface area contributed by atoms with E-state index >= 15 is 0 Å². The molecule has 2 fully saturated rings. The quantitative estimate of drug-likeness (QED) is 0.877. The lowest BCUT2D eigenvalue weighted by Gasteiger charge is -2.35. The number of rotatable bonds is 5. The second-order valence-corrected chi connectivity index (χ2v) is 7.28. The van der Waals surface area contributed by atoms with Crippen molar-refractivity contribution in [1.29, 1.82) is 0 Å². The Morgan fingerprint density at radius 3 is 2.75 bits per heavy atom. The monoisotopic (exact) mass is 292 g/mol. The van der Waals surface area contributed by atoms with Gasteiger partial charge < -0.3 is 11.1 Å². The van der Waals surface area contributed by atoms with Crippen LogP contribution in [-0.4, -0.2) is 18.5 Å². The fraction of sp³-hybridized carbons (Fsp3) is 0.688. The molecule has 0 aromatic carbocycles. The third-order valence-corrected chi connectivity index (χ3v) is 5.93. The molecule has 110 valence electrons. The van der Waals surface area contributed by atoms with Gasteiger partial charge in [0.15, 0.2) is 0 Å². The molecule has 1 unspecified atom stereocenters. The summed E-state index contributed by atoms with van der Waals surface area (Å²) in [5, 5.41) is 5.22. The zero-order valence-electron chi connectivity index (χ0n) is 11.9. The van der Waals surface area contributed by atoms with Gasteiger partial charge in [0, 0.05) is 17.5 Å². The summed E-state index contributed by atoms with van der Waals surface area (Å²) in [5.41, 5.74) is 5.82. The van der Waals surface area contributed by atoms with Gasteiger partial charge in [-0.3, -0.25) is 4.79 Å². The Morgan fingerprint density at radius 1 is 1.40 bits per heavy atom. The van der Waals surface area contributed by atoms with E-state index in [9.17, 15) is 4.79 Å². The molecule has 1 heterocycles. The lowest BCUT2D eigenvalue weighted by molar-refractivity contribution is -0.128. The second-order valence-electron chi connectivity index (χ2n) is 6.33. The molecule has 2 aliphatic rings. The molecule has 1 amide bonds. The number of carbonyl (C=O) groups excluding carboxylic acids is 1. The average molecular weight is 292 g/mol. The van der Waals surface area contributed by atoms with Crippen molar-refractivity contribution >= 4 is 17.2 Å². The van der Waals surface area contributed by atoms with E-state index in [0.29, 0.717) is 12.5 Å². The molecule has 3 nitrogen and oxygen atoms in total. The zero-order valence-corrected chi connectivity index (χ0v) is 12.8. The van der Waals surface area contributed by atoms with Gasteiger partial charge in [-0.1, -0.05) is 25.3 Å². The first-order valence-corrected chi connectivity index (χ1v) is 8.68. The first kappa shape index (κ1) is 14.1. The average Bonchev–Trinajstić information content (AvgIpc) is 3.19. The normalized spacial score (nSPS) is 23.2. The van der Waals surface area contributed by atoms with E-state index in [4.69, 9.17) is 5.73 Å². The van der Waals surface area contributed by atoms with Gasteiger partial charge >= 0.3 is 0 Å². The van der Waals surface area contributed by atoms with E-state index in [1.54, 1.807) is 11.3 Å². The Labute approximate surface area is 124 Å². The van der Waals surface area contributed by atoms with Crippen molar-refractivity contribution in [3.63, 3.8) is 0 Å². The van der Waals surface area contributed by atoms with Crippen LogP contribution in [0.2, 0.25) is 0 Å². The van der Waals surface area contributed by atoms with Gasteiger partial charge in [-0.05, 0) is 43.0 Å². The maximum atomic E-state index is 12.8. The highest BCUT2D eigenvalue weighted by Gasteiger charge is 2.42. The molecular formula is C16H24N2OS. The summed E-state index contributed by atoms with van der Waals surface area (Å²) in [5.74, 6) is 0.843. The molecule has 1 atom stereocenters. The van der Waals surface area contributed by atoms with E-state index in [1.807, 2.05) is 0 Å². The smallest absolute Gasteiger partial charge is 0.231 e. The minimum atomic E-state index is -0.282. The molecule has 2 saturated carbocycles. The van der Waals surface area contributed by atoms with Crippen LogP contribution in [-0.2, 0) is 10.2 Å². The molecule has 1 aromatic rings. The van der Waals surface area contributed by atoms with Crippen molar-refractivity contribution in [2.75, 3.05) is 6.54 Å². The van der Waals surface area contributed by atoms with Crippen LogP contribution >= 0.6 is 11.3 Å². The summed E-state index contributed by atoms with van der Waals surface area (Å²) in [4.78, 5) is 14.0. The van der Waals surface area contributed by atoms with Gasteiger partial charge in [0.1, 0.15) is 0 Å². The molecule has 0 spiro atoms. The highest BCUT2D eigenvalue weighted by Crippen LogP contribution is 2.41. The van der Waals surface area contributed by atoms with Crippen molar-refractivity contribution in [3.8, 4) is 0 Å². The largest absolute Gasteiger partial charge is 0.354 e. The van der Waals surface area contributed by atoms with Crippen LogP contribution in [0, 0.1) is 5.92 Å². The molecule has 0 aliphatic heterocycles. The number of thiophene rings is 1. The summed E-state index contributed by atoms with van der Waals surface area (Å²) in [6.45, 7) is 0.636. The molecule has 3 N–H and O–H groups in total. The van der Waals surface area contributed by atoms with Crippen LogP contribution in [0.4, 0.5) is 0 Å². The molecule has 0 bridgehead atoms. The van der Waals surface area contributed by atoms with E-state index in [-0.39, 0.29) is 17.4 Å².